The maximum Gasteiger partial charge on any atom is 0.310 e. The molecule has 0 unspecified atom stereocenters. The zero-order chi connectivity index (χ0) is 12.1. The fourth-order valence-electron chi connectivity index (χ4n) is 1.40. The number of nitrogens with two attached hydrogens (primary N) is 1. The largest absolute Gasteiger partial charge is 0.460 e. The topological polar surface area (TPSA) is 52.3 Å². The summed E-state index contributed by atoms with van der Waals surface area (Å²) in [5.74, 6) is -0.219. The molecule has 0 aliphatic rings. The fourth-order valence-corrected chi connectivity index (χ4v) is 2.02. The average Bonchev–Trinajstić information content (AvgIpc) is 2.83. The summed E-state index contributed by atoms with van der Waals surface area (Å²) in [5.41, 5.74) is 7.17. The summed E-state index contributed by atoms with van der Waals surface area (Å²) < 4.78 is 5.16. The molecule has 0 bridgehead atoms. The van der Waals surface area contributed by atoms with E-state index in [1.54, 1.807) is 23.5 Å². The van der Waals surface area contributed by atoms with Crippen LogP contribution >= 0.6 is 11.3 Å². The van der Waals surface area contributed by atoms with Crippen LogP contribution in [0.5, 0.6) is 0 Å². The van der Waals surface area contributed by atoms with Crippen molar-refractivity contribution in [2.24, 2.45) is 0 Å². The van der Waals surface area contributed by atoms with E-state index in [1.807, 2.05) is 29.6 Å². The lowest BCUT2D eigenvalue weighted by molar-refractivity contribution is -0.144. The molecule has 1 aromatic heterocycles. The van der Waals surface area contributed by atoms with Crippen molar-refractivity contribution in [3.63, 3.8) is 0 Å². The Labute approximate surface area is 104 Å². The molecule has 2 aromatic rings. The summed E-state index contributed by atoms with van der Waals surface area (Å²) in [6.07, 6.45) is 0.283. The van der Waals surface area contributed by atoms with Crippen molar-refractivity contribution in [1.29, 1.82) is 0 Å². The molecule has 0 fully saturated rings. The molecular weight excluding hydrogens is 234 g/mol. The number of hydrogen-bond acceptors (Lipinski definition) is 4. The van der Waals surface area contributed by atoms with Crippen LogP contribution in [0, 0.1) is 0 Å². The van der Waals surface area contributed by atoms with E-state index >= 15 is 0 Å². The summed E-state index contributed by atoms with van der Waals surface area (Å²) in [6.45, 7) is 0.353. The number of nitrogen functional groups attached to an aromatic ring is 1. The van der Waals surface area contributed by atoms with Gasteiger partial charge < -0.3 is 10.5 Å². The molecule has 0 aliphatic carbocycles. The Hall–Kier alpha value is -1.81. The smallest absolute Gasteiger partial charge is 0.310 e. The first-order valence-corrected chi connectivity index (χ1v) is 6.14. The lowest BCUT2D eigenvalue weighted by Crippen LogP contribution is -2.07. The molecule has 17 heavy (non-hydrogen) atoms. The Bertz CT molecular complexity index is 477. The van der Waals surface area contributed by atoms with Gasteiger partial charge in [-0.25, -0.2) is 0 Å². The van der Waals surface area contributed by atoms with E-state index < -0.39 is 0 Å². The molecule has 0 spiro atoms. The zero-order valence-corrected chi connectivity index (χ0v) is 10.1. The molecule has 0 atom stereocenters. The van der Waals surface area contributed by atoms with E-state index in [9.17, 15) is 4.79 Å². The maximum atomic E-state index is 11.5. The molecule has 3 nitrogen and oxygen atoms in total. The third-order valence-corrected chi connectivity index (χ3v) is 3.13. The van der Waals surface area contributed by atoms with Crippen molar-refractivity contribution in [2.75, 3.05) is 5.73 Å². The number of carbonyl (C=O) groups is 1. The highest BCUT2D eigenvalue weighted by Gasteiger charge is 2.05. The highest BCUT2D eigenvalue weighted by molar-refractivity contribution is 7.09. The summed E-state index contributed by atoms with van der Waals surface area (Å²) in [4.78, 5) is 12.6. The van der Waals surface area contributed by atoms with Gasteiger partial charge in [-0.2, -0.15) is 0 Å². The third kappa shape index (κ3) is 3.60. The molecule has 4 heteroatoms. The van der Waals surface area contributed by atoms with Gasteiger partial charge >= 0.3 is 5.97 Å². The highest BCUT2D eigenvalue weighted by atomic mass is 32.1. The van der Waals surface area contributed by atoms with E-state index in [2.05, 4.69) is 0 Å². The number of thiophene rings is 1. The molecule has 0 saturated heterocycles. The van der Waals surface area contributed by atoms with Crippen molar-refractivity contribution < 1.29 is 9.53 Å². The second kappa shape index (κ2) is 5.50. The number of esters is 1. The van der Waals surface area contributed by atoms with Crippen molar-refractivity contribution >= 4 is 23.0 Å². The zero-order valence-electron chi connectivity index (χ0n) is 9.26. The fraction of sp³-hybridized carbons (Fsp3) is 0.154. The van der Waals surface area contributed by atoms with Crippen molar-refractivity contribution in [3.8, 4) is 0 Å². The molecule has 0 saturated carbocycles. The first-order valence-electron chi connectivity index (χ1n) is 5.26. The minimum Gasteiger partial charge on any atom is -0.460 e. The van der Waals surface area contributed by atoms with Crippen LogP contribution in [0.15, 0.2) is 41.8 Å². The quantitative estimate of drug-likeness (QED) is 0.667. The van der Waals surface area contributed by atoms with Crippen LogP contribution in [0.1, 0.15) is 10.4 Å². The molecule has 0 aliphatic heterocycles. The van der Waals surface area contributed by atoms with Crippen LogP contribution in [0.25, 0.3) is 0 Å². The van der Waals surface area contributed by atoms with Crippen LogP contribution in [0.3, 0.4) is 0 Å². The van der Waals surface area contributed by atoms with E-state index in [4.69, 9.17) is 10.5 Å². The van der Waals surface area contributed by atoms with E-state index in [1.165, 1.54) is 0 Å². The SMILES string of the molecule is Nc1ccc(CC(=O)OCc2cccs2)cc1. The lowest BCUT2D eigenvalue weighted by Gasteiger charge is -2.03. The Balaban J connectivity index is 1.83. The number of benzene rings is 1. The lowest BCUT2D eigenvalue weighted by atomic mass is 10.1. The number of carbonyl (C=O) groups excluding carboxylic acids is 1. The molecule has 1 aromatic carbocycles. The average molecular weight is 247 g/mol. The number of hydrogen-bond donors (Lipinski definition) is 1. The summed E-state index contributed by atoms with van der Waals surface area (Å²) in [5, 5.41) is 1.96. The first-order chi connectivity index (χ1) is 8.24. The first kappa shape index (κ1) is 11.7. The van der Waals surface area contributed by atoms with Crippen molar-refractivity contribution in [2.45, 2.75) is 13.0 Å². The number of rotatable bonds is 4. The predicted molar refractivity (Wildman–Crippen MR) is 68.7 cm³/mol. The van der Waals surface area contributed by atoms with Gasteiger partial charge in [-0.3, -0.25) is 4.79 Å². The van der Waals surface area contributed by atoms with Gasteiger partial charge in [0.25, 0.3) is 0 Å². The Kier molecular flexibility index (Phi) is 3.77. The van der Waals surface area contributed by atoms with Gasteiger partial charge in [0.1, 0.15) is 6.61 Å². The van der Waals surface area contributed by atoms with Gasteiger partial charge in [-0.15, -0.1) is 11.3 Å². The van der Waals surface area contributed by atoms with Crippen LogP contribution < -0.4 is 5.73 Å². The van der Waals surface area contributed by atoms with Gasteiger partial charge in [0.05, 0.1) is 6.42 Å². The summed E-state index contributed by atoms with van der Waals surface area (Å²) >= 11 is 1.58. The molecule has 88 valence electrons. The van der Waals surface area contributed by atoms with Gasteiger partial charge in [-0.05, 0) is 29.1 Å². The Morgan fingerprint density at radius 3 is 2.65 bits per heavy atom. The van der Waals surface area contributed by atoms with E-state index in [0.717, 1.165) is 10.4 Å². The highest BCUT2D eigenvalue weighted by Crippen LogP contribution is 2.11. The number of anilines is 1. The second-order valence-corrected chi connectivity index (χ2v) is 4.69. The van der Waals surface area contributed by atoms with Gasteiger partial charge in [0, 0.05) is 10.6 Å². The molecule has 2 rings (SSSR count). The molecule has 0 radical (unpaired) electrons. The van der Waals surface area contributed by atoms with Crippen molar-refractivity contribution in [3.05, 3.63) is 52.2 Å². The normalized spacial score (nSPS) is 10.1. The minimum atomic E-state index is -0.219. The van der Waals surface area contributed by atoms with Crippen LogP contribution in [-0.2, 0) is 22.6 Å². The van der Waals surface area contributed by atoms with Crippen molar-refractivity contribution in [1.82, 2.24) is 0 Å². The number of ether oxygens (including phenoxy) is 1. The Morgan fingerprint density at radius 2 is 2.00 bits per heavy atom. The molecule has 1 heterocycles. The van der Waals surface area contributed by atoms with E-state index in [-0.39, 0.29) is 12.4 Å². The van der Waals surface area contributed by atoms with Crippen LogP contribution in [-0.4, -0.2) is 5.97 Å². The molecule has 0 amide bonds. The molecule has 2 N–H and O–H groups in total. The van der Waals surface area contributed by atoms with Gasteiger partial charge in [-0.1, -0.05) is 18.2 Å². The standard InChI is InChI=1S/C13H13NO2S/c14-11-5-3-10(4-6-11)8-13(15)16-9-12-2-1-7-17-12/h1-7H,8-9,14H2. The van der Waals surface area contributed by atoms with Gasteiger partial charge in [0.2, 0.25) is 0 Å². The Morgan fingerprint density at radius 1 is 1.24 bits per heavy atom. The second-order valence-electron chi connectivity index (χ2n) is 3.66. The monoisotopic (exact) mass is 247 g/mol. The van der Waals surface area contributed by atoms with Crippen LogP contribution in [0.4, 0.5) is 5.69 Å². The van der Waals surface area contributed by atoms with Gasteiger partial charge in [0.15, 0.2) is 0 Å². The maximum absolute atomic E-state index is 11.5. The molecular formula is C13H13NO2S. The summed E-state index contributed by atoms with van der Waals surface area (Å²) in [7, 11) is 0. The third-order valence-electron chi connectivity index (χ3n) is 2.28. The minimum absolute atomic E-state index is 0.219. The van der Waals surface area contributed by atoms with E-state index in [0.29, 0.717) is 12.3 Å². The predicted octanol–water partition coefficient (Wildman–Crippen LogP) is 2.62. The van der Waals surface area contributed by atoms with Crippen LogP contribution in [0.2, 0.25) is 0 Å². The summed E-state index contributed by atoms with van der Waals surface area (Å²) in [6, 6.07) is 11.1.